The number of primary amides is 1. The largest absolute Gasteiger partial charge is 0.508 e. The quantitative estimate of drug-likeness (QED) is 0.546. The number of phenolic OH excluding ortho intramolecular Hbond substituents is 1. The maximum absolute atomic E-state index is 11.2. The molecule has 5 N–H and O–H groups in total. The van der Waals surface area contributed by atoms with Crippen LogP contribution in [0.3, 0.4) is 0 Å². The molecule has 7 nitrogen and oxygen atoms in total. The highest BCUT2D eigenvalue weighted by atomic mass is 35.5. The SMILES string of the molecule is Cc1ccc(Nc2ccnc(Nc3cccc(C(N)=O)c3)n2)cc1O.Cl. The number of nitrogens with one attached hydrogen (secondary N) is 2. The summed E-state index contributed by atoms with van der Waals surface area (Å²) in [4.78, 5) is 19.8. The molecule has 3 aromatic rings. The zero-order chi connectivity index (χ0) is 17.8. The van der Waals surface area contributed by atoms with Gasteiger partial charge in [-0.05, 0) is 42.8 Å². The van der Waals surface area contributed by atoms with E-state index in [0.717, 1.165) is 5.56 Å². The molecule has 0 fully saturated rings. The summed E-state index contributed by atoms with van der Waals surface area (Å²) in [5.74, 6) is 0.634. The van der Waals surface area contributed by atoms with Crippen molar-refractivity contribution in [2.45, 2.75) is 6.92 Å². The van der Waals surface area contributed by atoms with Crippen molar-refractivity contribution < 1.29 is 9.90 Å². The highest BCUT2D eigenvalue weighted by molar-refractivity contribution is 5.93. The van der Waals surface area contributed by atoms with Gasteiger partial charge in [-0.3, -0.25) is 4.79 Å². The molecule has 0 atom stereocenters. The van der Waals surface area contributed by atoms with Crippen molar-refractivity contribution in [2.24, 2.45) is 5.73 Å². The Balaban J connectivity index is 0.00000243. The number of hydrogen-bond acceptors (Lipinski definition) is 6. The summed E-state index contributed by atoms with van der Waals surface area (Å²) in [6.07, 6.45) is 1.60. The third-order valence-electron chi connectivity index (χ3n) is 3.54. The Bertz CT molecular complexity index is 933. The van der Waals surface area contributed by atoms with Gasteiger partial charge in [0.15, 0.2) is 0 Å². The van der Waals surface area contributed by atoms with Gasteiger partial charge < -0.3 is 21.5 Å². The van der Waals surface area contributed by atoms with Crippen molar-refractivity contribution in [1.29, 1.82) is 0 Å². The van der Waals surface area contributed by atoms with E-state index in [1.165, 1.54) is 0 Å². The number of aromatic hydroxyl groups is 1. The van der Waals surface area contributed by atoms with E-state index in [-0.39, 0.29) is 18.2 Å². The van der Waals surface area contributed by atoms with Crippen LogP contribution in [-0.2, 0) is 0 Å². The van der Waals surface area contributed by atoms with Crippen LogP contribution in [0.1, 0.15) is 15.9 Å². The lowest BCUT2D eigenvalue weighted by molar-refractivity contribution is 0.100. The molecule has 134 valence electrons. The van der Waals surface area contributed by atoms with Crippen molar-refractivity contribution >= 4 is 41.5 Å². The van der Waals surface area contributed by atoms with Crippen LogP contribution >= 0.6 is 12.4 Å². The number of rotatable bonds is 5. The van der Waals surface area contributed by atoms with Crippen molar-refractivity contribution in [3.8, 4) is 5.75 Å². The Hall–Kier alpha value is -3.32. The Kier molecular flexibility index (Phi) is 5.98. The molecule has 1 aromatic heterocycles. The van der Waals surface area contributed by atoms with Gasteiger partial charge in [0.05, 0.1) is 0 Å². The Morgan fingerprint density at radius 3 is 2.58 bits per heavy atom. The summed E-state index contributed by atoms with van der Waals surface area (Å²) in [6.45, 7) is 1.83. The smallest absolute Gasteiger partial charge is 0.248 e. The Morgan fingerprint density at radius 2 is 1.85 bits per heavy atom. The van der Waals surface area contributed by atoms with E-state index in [2.05, 4.69) is 20.6 Å². The summed E-state index contributed by atoms with van der Waals surface area (Å²) in [7, 11) is 0. The van der Waals surface area contributed by atoms with Crippen LogP contribution in [0, 0.1) is 6.92 Å². The first-order chi connectivity index (χ1) is 12.0. The molecular formula is C18H18ClN5O2. The maximum atomic E-state index is 11.2. The molecule has 26 heavy (non-hydrogen) atoms. The van der Waals surface area contributed by atoms with Crippen LogP contribution in [0.15, 0.2) is 54.7 Å². The van der Waals surface area contributed by atoms with Gasteiger partial charge in [-0.1, -0.05) is 12.1 Å². The minimum Gasteiger partial charge on any atom is -0.508 e. The van der Waals surface area contributed by atoms with E-state index in [9.17, 15) is 9.90 Å². The number of anilines is 4. The summed E-state index contributed by atoms with van der Waals surface area (Å²) in [5, 5.41) is 15.9. The zero-order valence-electron chi connectivity index (χ0n) is 13.9. The third kappa shape index (κ3) is 4.61. The summed E-state index contributed by atoms with van der Waals surface area (Å²) >= 11 is 0. The standard InChI is InChI=1S/C18H17N5O2.ClH/c1-11-5-6-14(10-15(11)24)21-16-7-8-20-18(23-16)22-13-4-2-3-12(9-13)17(19)25;/h2-10,24H,1H3,(H2,19,25)(H2,20,21,22,23);1H. The second-order valence-electron chi connectivity index (χ2n) is 5.46. The Labute approximate surface area is 156 Å². The van der Waals surface area contributed by atoms with Crippen molar-refractivity contribution in [3.05, 3.63) is 65.9 Å². The van der Waals surface area contributed by atoms with Gasteiger partial charge in [0, 0.05) is 29.2 Å². The number of aryl methyl sites for hydroxylation is 1. The summed E-state index contributed by atoms with van der Waals surface area (Å²) < 4.78 is 0. The molecule has 0 saturated heterocycles. The fourth-order valence-electron chi connectivity index (χ4n) is 2.20. The van der Waals surface area contributed by atoms with Gasteiger partial charge in [0.2, 0.25) is 11.9 Å². The first-order valence-electron chi connectivity index (χ1n) is 7.58. The number of carbonyl (C=O) groups excluding carboxylic acids is 1. The lowest BCUT2D eigenvalue weighted by atomic mass is 10.2. The lowest BCUT2D eigenvalue weighted by Gasteiger charge is -2.10. The van der Waals surface area contributed by atoms with Gasteiger partial charge in [-0.2, -0.15) is 4.98 Å². The fourth-order valence-corrected chi connectivity index (χ4v) is 2.20. The molecule has 2 aromatic carbocycles. The van der Waals surface area contributed by atoms with Crippen LogP contribution in [0.2, 0.25) is 0 Å². The number of hydrogen-bond donors (Lipinski definition) is 4. The predicted molar refractivity (Wildman–Crippen MR) is 104 cm³/mol. The minimum absolute atomic E-state index is 0. The fraction of sp³-hybridized carbons (Fsp3) is 0.0556. The van der Waals surface area contributed by atoms with Gasteiger partial charge in [0.1, 0.15) is 11.6 Å². The number of nitrogens with zero attached hydrogens (tertiary/aromatic N) is 2. The monoisotopic (exact) mass is 371 g/mol. The van der Waals surface area contributed by atoms with Crippen molar-refractivity contribution in [2.75, 3.05) is 10.6 Å². The van der Waals surface area contributed by atoms with Crippen LogP contribution in [0.4, 0.5) is 23.1 Å². The van der Waals surface area contributed by atoms with Crippen molar-refractivity contribution in [1.82, 2.24) is 9.97 Å². The van der Waals surface area contributed by atoms with Gasteiger partial charge in [-0.15, -0.1) is 12.4 Å². The second kappa shape index (κ2) is 8.17. The van der Waals surface area contributed by atoms with E-state index in [1.54, 1.807) is 42.6 Å². The van der Waals surface area contributed by atoms with Crippen LogP contribution in [-0.4, -0.2) is 21.0 Å². The molecule has 0 unspecified atom stereocenters. The van der Waals surface area contributed by atoms with Crippen LogP contribution in [0.25, 0.3) is 0 Å². The van der Waals surface area contributed by atoms with E-state index in [1.807, 2.05) is 19.1 Å². The van der Waals surface area contributed by atoms with Gasteiger partial charge >= 0.3 is 0 Å². The number of carbonyl (C=O) groups is 1. The topological polar surface area (TPSA) is 113 Å². The number of nitrogens with two attached hydrogens (primary N) is 1. The normalized spacial score (nSPS) is 9.88. The Morgan fingerprint density at radius 1 is 1.08 bits per heavy atom. The molecule has 0 bridgehead atoms. The average Bonchev–Trinajstić information content (AvgIpc) is 2.59. The molecule has 3 rings (SSSR count). The maximum Gasteiger partial charge on any atom is 0.248 e. The number of halogens is 1. The molecule has 0 aliphatic rings. The number of amides is 1. The van der Waals surface area contributed by atoms with E-state index in [4.69, 9.17) is 5.73 Å². The highest BCUT2D eigenvalue weighted by Crippen LogP contribution is 2.23. The molecule has 1 amide bonds. The first kappa shape index (κ1) is 19.0. The lowest BCUT2D eigenvalue weighted by Crippen LogP contribution is -2.11. The third-order valence-corrected chi connectivity index (χ3v) is 3.54. The van der Waals surface area contributed by atoms with Crippen molar-refractivity contribution in [3.63, 3.8) is 0 Å². The number of benzene rings is 2. The second-order valence-corrected chi connectivity index (χ2v) is 5.46. The molecule has 0 radical (unpaired) electrons. The average molecular weight is 372 g/mol. The van der Waals surface area contributed by atoms with E-state index in [0.29, 0.717) is 28.7 Å². The number of aromatic nitrogens is 2. The van der Waals surface area contributed by atoms with Crippen LogP contribution in [0.5, 0.6) is 5.75 Å². The molecule has 0 spiro atoms. The summed E-state index contributed by atoms with van der Waals surface area (Å²) in [6, 6.07) is 13.8. The zero-order valence-corrected chi connectivity index (χ0v) is 14.7. The predicted octanol–water partition coefficient (Wildman–Crippen LogP) is 3.50. The molecule has 0 aliphatic heterocycles. The molecule has 0 aliphatic carbocycles. The first-order valence-corrected chi connectivity index (χ1v) is 7.58. The van der Waals surface area contributed by atoms with Crippen LogP contribution < -0.4 is 16.4 Å². The number of phenols is 1. The molecule has 0 saturated carbocycles. The van der Waals surface area contributed by atoms with Gasteiger partial charge in [0.25, 0.3) is 0 Å². The minimum atomic E-state index is -0.501. The molecule has 8 heteroatoms. The molecular weight excluding hydrogens is 354 g/mol. The van der Waals surface area contributed by atoms with E-state index < -0.39 is 5.91 Å². The van der Waals surface area contributed by atoms with E-state index >= 15 is 0 Å². The highest BCUT2D eigenvalue weighted by Gasteiger charge is 2.05. The summed E-state index contributed by atoms with van der Waals surface area (Å²) in [5.41, 5.74) is 7.84. The van der Waals surface area contributed by atoms with Gasteiger partial charge in [-0.25, -0.2) is 4.98 Å². The molecule has 1 heterocycles.